The van der Waals surface area contributed by atoms with E-state index in [1.54, 1.807) is 42.0 Å². The number of benzene rings is 2. The third-order valence-electron chi connectivity index (χ3n) is 5.02. The summed E-state index contributed by atoms with van der Waals surface area (Å²) in [6.45, 7) is 1.49. The summed E-state index contributed by atoms with van der Waals surface area (Å²) in [6, 6.07) is 13.6. The number of halogens is 1. The smallest absolute Gasteiger partial charge is 0.137 e. The Morgan fingerprint density at radius 3 is 2.31 bits per heavy atom. The van der Waals surface area contributed by atoms with E-state index < -0.39 is 24.1 Å². The number of hydrogen-bond acceptors (Lipinski definition) is 6. The molecule has 3 atom stereocenters. The van der Waals surface area contributed by atoms with Crippen molar-refractivity contribution in [2.24, 2.45) is 5.73 Å². The lowest BCUT2D eigenvalue weighted by atomic mass is 10.0. The first kappa shape index (κ1) is 23.6. The monoisotopic (exact) mass is 441 g/mol. The Morgan fingerprint density at radius 2 is 1.75 bits per heavy atom. The van der Waals surface area contributed by atoms with E-state index in [0.717, 1.165) is 11.1 Å². The standard InChI is InChI=1S/C24H28FN3O4/c1-16(30)24-27-10-11-28(24)20(14-29)12-23(25)19-4-2-17(3-5-19)18-6-8-22(9-7-18)32-15-21(31)13-26/h2-12,16,20-21,29-31H,13-15,26H2,1H3/t16-,20?,21+/m0/s1. The predicted molar refractivity (Wildman–Crippen MR) is 121 cm³/mol. The van der Waals surface area contributed by atoms with Crippen LogP contribution in [0.5, 0.6) is 5.75 Å². The summed E-state index contributed by atoms with van der Waals surface area (Å²) < 4.78 is 21.9. The van der Waals surface area contributed by atoms with Gasteiger partial charge in [0.25, 0.3) is 0 Å². The van der Waals surface area contributed by atoms with E-state index in [4.69, 9.17) is 10.5 Å². The second kappa shape index (κ2) is 11.0. The topological polar surface area (TPSA) is 114 Å². The van der Waals surface area contributed by atoms with Crippen LogP contribution in [-0.4, -0.2) is 50.7 Å². The second-order valence-corrected chi connectivity index (χ2v) is 7.44. The molecule has 3 aromatic rings. The highest BCUT2D eigenvalue weighted by Gasteiger charge is 2.16. The number of aliphatic hydroxyl groups is 3. The summed E-state index contributed by atoms with van der Waals surface area (Å²) in [6.07, 6.45) is 2.87. The summed E-state index contributed by atoms with van der Waals surface area (Å²) in [5, 5.41) is 29.0. The Hall–Kier alpha value is -3.04. The van der Waals surface area contributed by atoms with Gasteiger partial charge in [0.2, 0.25) is 0 Å². The van der Waals surface area contributed by atoms with E-state index in [9.17, 15) is 19.7 Å². The summed E-state index contributed by atoms with van der Waals surface area (Å²) in [5.74, 6) is 0.495. The molecule has 0 saturated heterocycles. The van der Waals surface area contributed by atoms with E-state index in [-0.39, 0.29) is 19.8 Å². The van der Waals surface area contributed by atoms with Gasteiger partial charge in [0.05, 0.1) is 12.6 Å². The molecule has 0 aliphatic heterocycles. The first-order chi connectivity index (χ1) is 15.4. The first-order valence-corrected chi connectivity index (χ1v) is 10.3. The molecule has 1 unspecified atom stereocenters. The maximum atomic E-state index is 14.9. The lowest BCUT2D eigenvalue weighted by Gasteiger charge is -2.17. The Balaban J connectivity index is 1.72. The predicted octanol–water partition coefficient (Wildman–Crippen LogP) is 2.85. The molecule has 1 aromatic heterocycles. The van der Waals surface area contributed by atoms with Crippen LogP contribution in [-0.2, 0) is 0 Å². The van der Waals surface area contributed by atoms with Crippen LogP contribution in [0.3, 0.4) is 0 Å². The molecule has 0 spiro atoms. The number of imidazole rings is 1. The zero-order chi connectivity index (χ0) is 23.1. The first-order valence-electron chi connectivity index (χ1n) is 10.3. The van der Waals surface area contributed by atoms with Gasteiger partial charge in [0.1, 0.15) is 36.2 Å². The van der Waals surface area contributed by atoms with Gasteiger partial charge in [-0.1, -0.05) is 36.4 Å². The van der Waals surface area contributed by atoms with Crippen LogP contribution in [0.2, 0.25) is 0 Å². The van der Waals surface area contributed by atoms with Crippen molar-refractivity contribution in [3.05, 3.63) is 78.4 Å². The molecular formula is C24H28FN3O4. The quantitative estimate of drug-likeness (QED) is 0.385. The molecule has 8 heteroatoms. The molecule has 2 aromatic carbocycles. The Bertz CT molecular complexity index is 1020. The van der Waals surface area contributed by atoms with E-state index in [1.165, 1.54) is 12.3 Å². The Kier molecular flexibility index (Phi) is 8.13. The molecule has 5 N–H and O–H groups in total. The minimum Gasteiger partial charge on any atom is -0.491 e. The Labute approximate surface area is 186 Å². The number of nitrogens with two attached hydrogens (primary N) is 1. The van der Waals surface area contributed by atoms with Crippen molar-refractivity contribution in [2.45, 2.75) is 25.2 Å². The van der Waals surface area contributed by atoms with Crippen LogP contribution in [0, 0.1) is 0 Å². The van der Waals surface area contributed by atoms with E-state index in [0.29, 0.717) is 17.1 Å². The molecule has 0 fully saturated rings. The highest BCUT2D eigenvalue weighted by molar-refractivity contribution is 5.68. The number of aliphatic hydroxyl groups excluding tert-OH is 3. The van der Waals surface area contributed by atoms with Crippen molar-refractivity contribution in [3.8, 4) is 16.9 Å². The molecule has 0 bridgehead atoms. The van der Waals surface area contributed by atoms with Gasteiger partial charge in [0.15, 0.2) is 0 Å². The van der Waals surface area contributed by atoms with Crippen molar-refractivity contribution in [1.29, 1.82) is 0 Å². The number of rotatable bonds is 10. The lowest BCUT2D eigenvalue weighted by Crippen LogP contribution is -2.26. The average Bonchev–Trinajstić information content (AvgIpc) is 3.31. The van der Waals surface area contributed by atoms with Gasteiger partial charge in [-0.2, -0.15) is 0 Å². The van der Waals surface area contributed by atoms with Crippen molar-refractivity contribution >= 4 is 5.83 Å². The largest absolute Gasteiger partial charge is 0.491 e. The molecular weight excluding hydrogens is 413 g/mol. The van der Waals surface area contributed by atoms with Gasteiger partial charge < -0.3 is 30.4 Å². The van der Waals surface area contributed by atoms with Crippen LogP contribution in [0.1, 0.15) is 30.5 Å². The van der Waals surface area contributed by atoms with Crippen molar-refractivity contribution in [1.82, 2.24) is 9.55 Å². The van der Waals surface area contributed by atoms with Crippen molar-refractivity contribution in [2.75, 3.05) is 19.8 Å². The van der Waals surface area contributed by atoms with Crippen LogP contribution in [0.15, 0.2) is 67.0 Å². The third-order valence-corrected chi connectivity index (χ3v) is 5.02. The third kappa shape index (κ3) is 5.80. The highest BCUT2D eigenvalue weighted by atomic mass is 19.1. The molecule has 0 aliphatic rings. The summed E-state index contributed by atoms with van der Waals surface area (Å²) >= 11 is 0. The summed E-state index contributed by atoms with van der Waals surface area (Å²) in [4.78, 5) is 4.06. The fourth-order valence-corrected chi connectivity index (χ4v) is 3.24. The van der Waals surface area contributed by atoms with E-state index in [2.05, 4.69) is 4.98 Å². The minimum absolute atomic E-state index is 0.128. The highest BCUT2D eigenvalue weighted by Crippen LogP contribution is 2.27. The molecule has 32 heavy (non-hydrogen) atoms. The molecule has 0 saturated carbocycles. The fourth-order valence-electron chi connectivity index (χ4n) is 3.24. The molecule has 170 valence electrons. The fraction of sp³-hybridized carbons (Fsp3) is 0.292. The molecule has 7 nitrogen and oxygen atoms in total. The molecule has 0 amide bonds. The van der Waals surface area contributed by atoms with E-state index >= 15 is 0 Å². The second-order valence-electron chi connectivity index (χ2n) is 7.44. The van der Waals surface area contributed by atoms with Crippen molar-refractivity contribution < 1.29 is 24.4 Å². The van der Waals surface area contributed by atoms with Gasteiger partial charge in [0, 0.05) is 24.5 Å². The number of ether oxygens (including phenoxy) is 1. The summed E-state index contributed by atoms with van der Waals surface area (Å²) in [7, 11) is 0. The molecule has 0 aliphatic carbocycles. The number of nitrogens with zero attached hydrogens (tertiary/aromatic N) is 2. The van der Waals surface area contributed by atoms with Crippen LogP contribution in [0.25, 0.3) is 17.0 Å². The maximum Gasteiger partial charge on any atom is 0.137 e. The van der Waals surface area contributed by atoms with Crippen LogP contribution < -0.4 is 10.5 Å². The van der Waals surface area contributed by atoms with Gasteiger partial charge in [-0.15, -0.1) is 0 Å². The van der Waals surface area contributed by atoms with Crippen molar-refractivity contribution in [3.63, 3.8) is 0 Å². The number of aromatic nitrogens is 2. The Morgan fingerprint density at radius 1 is 1.12 bits per heavy atom. The van der Waals surface area contributed by atoms with Crippen LogP contribution >= 0.6 is 0 Å². The maximum absolute atomic E-state index is 14.9. The lowest BCUT2D eigenvalue weighted by molar-refractivity contribution is 0.114. The van der Waals surface area contributed by atoms with Gasteiger partial charge in [-0.3, -0.25) is 0 Å². The molecule has 3 rings (SSSR count). The molecule has 1 heterocycles. The zero-order valence-corrected chi connectivity index (χ0v) is 17.8. The average molecular weight is 442 g/mol. The zero-order valence-electron chi connectivity index (χ0n) is 17.8. The molecule has 0 radical (unpaired) electrons. The number of hydrogen-bond donors (Lipinski definition) is 4. The van der Waals surface area contributed by atoms with Gasteiger partial charge >= 0.3 is 0 Å². The van der Waals surface area contributed by atoms with Gasteiger partial charge in [-0.25, -0.2) is 9.37 Å². The van der Waals surface area contributed by atoms with Gasteiger partial charge in [-0.05, 0) is 36.3 Å². The summed E-state index contributed by atoms with van der Waals surface area (Å²) in [5.41, 5.74) is 7.57. The minimum atomic E-state index is -0.836. The van der Waals surface area contributed by atoms with E-state index in [1.807, 2.05) is 24.3 Å². The van der Waals surface area contributed by atoms with Crippen LogP contribution in [0.4, 0.5) is 4.39 Å². The SMILES string of the molecule is C[C@H](O)c1nccn1C(C=C(F)c1ccc(-c2ccc(OC[C@H](O)CN)cc2)cc1)CO. The normalized spacial score (nSPS) is 14.8.